The molecule has 2 unspecified atom stereocenters. The summed E-state index contributed by atoms with van der Waals surface area (Å²) in [6.07, 6.45) is 7.20. The Bertz CT molecular complexity index is 311. The van der Waals surface area contributed by atoms with E-state index >= 15 is 0 Å². The summed E-state index contributed by atoms with van der Waals surface area (Å²) in [7, 11) is 1.90. The van der Waals surface area contributed by atoms with Crippen molar-refractivity contribution in [1.82, 2.24) is 9.78 Å². The van der Waals surface area contributed by atoms with E-state index in [1.807, 2.05) is 19.3 Å². The molecule has 0 bridgehead atoms. The van der Waals surface area contributed by atoms with E-state index in [1.165, 1.54) is 12.8 Å². The maximum atomic E-state index is 9.92. The maximum Gasteiger partial charge on any atom is 0.148 e. The maximum absolute atomic E-state index is 9.92. The van der Waals surface area contributed by atoms with Crippen LogP contribution in [-0.2, 0) is 7.05 Å². The fourth-order valence-electron chi connectivity index (χ4n) is 2.14. The molecule has 15 heavy (non-hydrogen) atoms. The van der Waals surface area contributed by atoms with Gasteiger partial charge >= 0.3 is 0 Å². The lowest BCUT2D eigenvalue weighted by Gasteiger charge is -2.21. The molecule has 0 amide bonds. The van der Waals surface area contributed by atoms with Crippen LogP contribution in [0.4, 0.5) is 5.82 Å². The van der Waals surface area contributed by atoms with Gasteiger partial charge < -0.3 is 10.4 Å². The Balaban J connectivity index is 1.97. The lowest BCUT2D eigenvalue weighted by Crippen LogP contribution is -2.32. The highest BCUT2D eigenvalue weighted by molar-refractivity contribution is 5.33. The van der Waals surface area contributed by atoms with Gasteiger partial charge in [-0.2, -0.15) is 5.10 Å². The molecule has 1 aliphatic rings. The van der Waals surface area contributed by atoms with Crippen molar-refractivity contribution in [2.24, 2.45) is 7.05 Å². The van der Waals surface area contributed by atoms with Crippen molar-refractivity contribution in [2.75, 3.05) is 5.32 Å². The molecule has 1 fully saturated rings. The Hall–Kier alpha value is -1.03. The Morgan fingerprint density at radius 1 is 1.40 bits per heavy atom. The van der Waals surface area contributed by atoms with Gasteiger partial charge in [0.05, 0.1) is 12.1 Å². The number of rotatable bonds is 2. The van der Waals surface area contributed by atoms with Crippen LogP contribution in [0.25, 0.3) is 0 Å². The van der Waals surface area contributed by atoms with Crippen LogP contribution in [0.5, 0.6) is 0 Å². The molecule has 1 aromatic heterocycles. The second-order valence-electron chi connectivity index (χ2n) is 4.33. The number of hydrogen-bond acceptors (Lipinski definition) is 3. The quantitative estimate of drug-likeness (QED) is 0.726. The van der Waals surface area contributed by atoms with Gasteiger partial charge in [-0.3, -0.25) is 4.68 Å². The summed E-state index contributed by atoms with van der Waals surface area (Å²) >= 11 is 0. The largest absolute Gasteiger partial charge is 0.391 e. The summed E-state index contributed by atoms with van der Waals surface area (Å²) < 4.78 is 1.77. The van der Waals surface area contributed by atoms with Crippen LogP contribution < -0.4 is 5.32 Å². The van der Waals surface area contributed by atoms with E-state index in [9.17, 15) is 5.11 Å². The van der Waals surface area contributed by atoms with Crippen molar-refractivity contribution in [2.45, 2.75) is 44.2 Å². The fourth-order valence-corrected chi connectivity index (χ4v) is 2.14. The van der Waals surface area contributed by atoms with Gasteiger partial charge in [-0.05, 0) is 12.8 Å². The molecule has 0 aromatic carbocycles. The third-order valence-electron chi connectivity index (χ3n) is 3.03. The predicted octanol–water partition coefficient (Wildman–Crippen LogP) is 1.53. The van der Waals surface area contributed by atoms with Crippen molar-refractivity contribution in [3.05, 3.63) is 12.3 Å². The van der Waals surface area contributed by atoms with Crippen LogP contribution in [0.1, 0.15) is 32.1 Å². The van der Waals surface area contributed by atoms with Gasteiger partial charge in [0.15, 0.2) is 0 Å². The van der Waals surface area contributed by atoms with Crippen LogP contribution in [-0.4, -0.2) is 27.0 Å². The fraction of sp³-hybridized carbons (Fsp3) is 0.727. The van der Waals surface area contributed by atoms with E-state index in [0.717, 1.165) is 25.1 Å². The Kier molecular flexibility index (Phi) is 3.26. The highest BCUT2D eigenvalue weighted by Crippen LogP contribution is 2.20. The first-order chi connectivity index (χ1) is 7.25. The molecule has 1 saturated carbocycles. The Morgan fingerprint density at radius 3 is 2.93 bits per heavy atom. The number of aliphatic hydroxyl groups is 1. The summed E-state index contributed by atoms with van der Waals surface area (Å²) in [4.78, 5) is 0. The lowest BCUT2D eigenvalue weighted by molar-refractivity contribution is 0.144. The molecule has 2 atom stereocenters. The number of nitrogens with one attached hydrogen (secondary N) is 1. The van der Waals surface area contributed by atoms with E-state index in [-0.39, 0.29) is 12.1 Å². The van der Waals surface area contributed by atoms with Gasteiger partial charge in [-0.15, -0.1) is 0 Å². The van der Waals surface area contributed by atoms with Crippen molar-refractivity contribution in [3.63, 3.8) is 0 Å². The predicted molar refractivity (Wildman–Crippen MR) is 59.7 cm³/mol. The lowest BCUT2D eigenvalue weighted by atomic mass is 10.1. The van der Waals surface area contributed by atoms with Crippen molar-refractivity contribution in [3.8, 4) is 0 Å². The number of aliphatic hydroxyl groups excluding tert-OH is 1. The van der Waals surface area contributed by atoms with Crippen LogP contribution >= 0.6 is 0 Å². The van der Waals surface area contributed by atoms with Crippen molar-refractivity contribution >= 4 is 5.82 Å². The molecule has 0 aliphatic heterocycles. The normalized spacial score (nSPS) is 27.3. The zero-order valence-electron chi connectivity index (χ0n) is 9.19. The second-order valence-corrected chi connectivity index (χ2v) is 4.33. The molecule has 2 N–H and O–H groups in total. The molecule has 1 heterocycles. The number of aromatic nitrogens is 2. The van der Waals surface area contributed by atoms with Crippen molar-refractivity contribution in [1.29, 1.82) is 0 Å². The number of hydrogen-bond donors (Lipinski definition) is 2. The minimum atomic E-state index is -0.227. The topological polar surface area (TPSA) is 50.1 Å². The summed E-state index contributed by atoms with van der Waals surface area (Å²) in [6, 6.07) is 2.11. The smallest absolute Gasteiger partial charge is 0.148 e. The SMILES string of the molecule is Cn1ccc(NC2CCCCCC2O)n1. The van der Waals surface area contributed by atoms with Gasteiger partial charge in [-0.1, -0.05) is 19.3 Å². The van der Waals surface area contributed by atoms with Crippen LogP contribution in [0.3, 0.4) is 0 Å². The first-order valence-electron chi connectivity index (χ1n) is 5.70. The summed E-state index contributed by atoms with van der Waals surface area (Å²) in [5.74, 6) is 0.864. The molecule has 84 valence electrons. The molecule has 2 rings (SSSR count). The molecular formula is C11H19N3O. The molecule has 0 radical (unpaired) electrons. The third-order valence-corrected chi connectivity index (χ3v) is 3.03. The highest BCUT2D eigenvalue weighted by Gasteiger charge is 2.21. The molecule has 4 nitrogen and oxygen atoms in total. The average molecular weight is 209 g/mol. The number of aryl methyl sites for hydroxylation is 1. The first-order valence-corrected chi connectivity index (χ1v) is 5.70. The number of nitrogens with zero attached hydrogens (tertiary/aromatic N) is 2. The van der Waals surface area contributed by atoms with E-state index in [0.29, 0.717) is 0 Å². The Labute approximate surface area is 90.3 Å². The van der Waals surface area contributed by atoms with E-state index in [4.69, 9.17) is 0 Å². The minimum Gasteiger partial charge on any atom is -0.391 e. The van der Waals surface area contributed by atoms with Crippen LogP contribution in [0.2, 0.25) is 0 Å². The standard InChI is InChI=1S/C11H19N3O/c1-14-8-7-11(13-14)12-9-5-3-2-4-6-10(9)15/h7-10,15H,2-6H2,1H3,(H,12,13). The molecule has 4 heteroatoms. The molecule has 0 spiro atoms. The van der Waals surface area contributed by atoms with E-state index in [2.05, 4.69) is 10.4 Å². The molecule has 1 aromatic rings. The monoisotopic (exact) mass is 209 g/mol. The molecule has 1 aliphatic carbocycles. The highest BCUT2D eigenvalue weighted by atomic mass is 16.3. The summed E-state index contributed by atoms with van der Waals surface area (Å²) in [6.45, 7) is 0. The Morgan fingerprint density at radius 2 is 2.20 bits per heavy atom. The zero-order chi connectivity index (χ0) is 10.7. The summed E-state index contributed by atoms with van der Waals surface area (Å²) in [5.41, 5.74) is 0. The zero-order valence-corrected chi connectivity index (χ0v) is 9.19. The van der Waals surface area contributed by atoms with Crippen LogP contribution in [0.15, 0.2) is 12.3 Å². The van der Waals surface area contributed by atoms with Crippen molar-refractivity contribution < 1.29 is 5.11 Å². The van der Waals surface area contributed by atoms with Gasteiger partial charge in [-0.25, -0.2) is 0 Å². The second kappa shape index (κ2) is 4.66. The van der Waals surface area contributed by atoms with Gasteiger partial charge in [0.2, 0.25) is 0 Å². The van der Waals surface area contributed by atoms with Gasteiger partial charge in [0.1, 0.15) is 5.82 Å². The summed E-state index contributed by atoms with van der Waals surface area (Å²) in [5, 5.41) is 17.5. The van der Waals surface area contributed by atoms with Crippen LogP contribution in [0, 0.1) is 0 Å². The first kappa shape index (κ1) is 10.5. The molecular weight excluding hydrogens is 190 g/mol. The molecule has 0 saturated heterocycles. The minimum absolute atomic E-state index is 0.169. The average Bonchev–Trinajstić information content (AvgIpc) is 2.50. The van der Waals surface area contributed by atoms with E-state index in [1.54, 1.807) is 4.68 Å². The third kappa shape index (κ3) is 2.72. The number of anilines is 1. The van der Waals surface area contributed by atoms with Gasteiger partial charge in [0.25, 0.3) is 0 Å². The van der Waals surface area contributed by atoms with Gasteiger partial charge in [0, 0.05) is 19.3 Å². The van der Waals surface area contributed by atoms with E-state index < -0.39 is 0 Å².